The van der Waals surface area contributed by atoms with Gasteiger partial charge in [0.15, 0.2) is 5.43 Å². The van der Waals surface area contributed by atoms with Crippen molar-refractivity contribution in [3.8, 4) is 5.75 Å². The molecule has 2 heterocycles. The summed E-state index contributed by atoms with van der Waals surface area (Å²) in [7, 11) is 4.01. The minimum atomic E-state index is -0.510. The van der Waals surface area contributed by atoms with Gasteiger partial charge in [-0.25, -0.2) is 0 Å². The molecule has 174 valence electrons. The molecule has 1 atom stereocenters. The van der Waals surface area contributed by atoms with E-state index in [9.17, 15) is 9.59 Å². The number of ether oxygens (including phenoxy) is 1. The fourth-order valence-corrected chi connectivity index (χ4v) is 4.60. The standard InChI is InChI=1S/C26H29BrN2O4/c1-4-5-14-32-19-9-6-8-17(15-19)23-22-24(30)20-16-18(27)10-11-21(20)33-25(22)26(31)29(23)13-7-12-28(2)3/h6,8-11,15-16,23H,4-5,7,12-14H2,1-3H3. The van der Waals surface area contributed by atoms with E-state index in [1.54, 1.807) is 23.1 Å². The molecule has 0 spiro atoms. The van der Waals surface area contributed by atoms with Crippen molar-refractivity contribution >= 4 is 32.8 Å². The van der Waals surface area contributed by atoms with Crippen molar-refractivity contribution in [2.75, 3.05) is 33.8 Å². The first-order valence-corrected chi connectivity index (χ1v) is 12.1. The smallest absolute Gasteiger partial charge is 0.290 e. The molecular weight excluding hydrogens is 484 g/mol. The molecule has 1 unspecified atom stereocenters. The molecule has 6 nitrogen and oxygen atoms in total. The maximum absolute atomic E-state index is 13.6. The molecule has 0 N–H and O–H groups in total. The van der Waals surface area contributed by atoms with E-state index < -0.39 is 6.04 Å². The molecule has 0 fully saturated rings. The number of hydrogen-bond acceptors (Lipinski definition) is 5. The largest absolute Gasteiger partial charge is 0.494 e. The van der Waals surface area contributed by atoms with E-state index in [0.29, 0.717) is 29.7 Å². The Bertz CT molecular complexity index is 1220. The number of carbonyl (C=O) groups excluding carboxylic acids is 1. The van der Waals surface area contributed by atoms with Crippen LogP contribution in [0.25, 0.3) is 11.0 Å². The first kappa shape index (κ1) is 23.5. The van der Waals surface area contributed by atoms with Crippen molar-refractivity contribution < 1.29 is 13.9 Å². The van der Waals surface area contributed by atoms with Crippen LogP contribution in [0.1, 0.15) is 53.9 Å². The molecule has 2 aromatic carbocycles. The lowest BCUT2D eigenvalue weighted by Gasteiger charge is -2.26. The number of rotatable bonds is 9. The average molecular weight is 513 g/mol. The maximum Gasteiger partial charge on any atom is 0.290 e. The molecule has 1 aromatic heterocycles. The molecule has 0 saturated carbocycles. The lowest BCUT2D eigenvalue weighted by Crippen LogP contribution is -2.32. The van der Waals surface area contributed by atoms with Crippen LogP contribution >= 0.6 is 15.9 Å². The SMILES string of the molecule is CCCCOc1cccc(C2c3c(oc4ccc(Br)cc4c3=O)C(=O)N2CCCN(C)C)c1. The molecule has 1 aliphatic heterocycles. The van der Waals surface area contributed by atoms with Crippen LogP contribution in [0.4, 0.5) is 0 Å². The van der Waals surface area contributed by atoms with Gasteiger partial charge in [0.05, 0.1) is 23.6 Å². The summed E-state index contributed by atoms with van der Waals surface area (Å²) >= 11 is 3.44. The maximum atomic E-state index is 13.6. The van der Waals surface area contributed by atoms with Gasteiger partial charge in [0.25, 0.3) is 5.91 Å². The van der Waals surface area contributed by atoms with Crippen molar-refractivity contribution in [2.24, 2.45) is 0 Å². The predicted octanol–water partition coefficient (Wildman–Crippen LogP) is 5.23. The first-order valence-electron chi connectivity index (χ1n) is 11.4. The monoisotopic (exact) mass is 512 g/mol. The number of fused-ring (bicyclic) bond motifs is 2. The summed E-state index contributed by atoms with van der Waals surface area (Å²) in [6.45, 7) is 4.11. The number of unbranched alkanes of at least 4 members (excludes halogenated alkanes) is 1. The van der Waals surface area contributed by atoms with E-state index in [1.807, 2.05) is 38.4 Å². The van der Waals surface area contributed by atoms with Crippen molar-refractivity contribution in [1.29, 1.82) is 0 Å². The fourth-order valence-electron chi connectivity index (χ4n) is 4.24. The molecule has 7 heteroatoms. The summed E-state index contributed by atoms with van der Waals surface area (Å²) < 4.78 is 12.7. The molecular formula is C26H29BrN2O4. The Morgan fingerprint density at radius 1 is 1.12 bits per heavy atom. The van der Waals surface area contributed by atoms with E-state index in [-0.39, 0.29) is 17.1 Å². The summed E-state index contributed by atoms with van der Waals surface area (Å²) in [6.07, 6.45) is 2.80. The van der Waals surface area contributed by atoms with Gasteiger partial charge in [-0.05, 0) is 69.4 Å². The Hall–Kier alpha value is -2.64. The van der Waals surface area contributed by atoms with Gasteiger partial charge in [-0.15, -0.1) is 0 Å². The normalized spacial score (nSPS) is 15.5. The summed E-state index contributed by atoms with van der Waals surface area (Å²) in [5, 5.41) is 0.464. The minimum absolute atomic E-state index is 0.141. The van der Waals surface area contributed by atoms with Gasteiger partial charge in [-0.2, -0.15) is 0 Å². The van der Waals surface area contributed by atoms with E-state index in [2.05, 4.69) is 27.8 Å². The quantitative estimate of drug-likeness (QED) is 0.367. The third kappa shape index (κ3) is 4.84. The molecule has 3 aromatic rings. The van der Waals surface area contributed by atoms with Crippen LogP contribution in [0.2, 0.25) is 0 Å². The van der Waals surface area contributed by atoms with Gasteiger partial charge in [0.1, 0.15) is 11.3 Å². The van der Waals surface area contributed by atoms with Crippen molar-refractivity contribution in [3.63, 3.8) is 0 Å². The summed E-state index contributed by atoms with van der Waals surface area (Å²) in [6, 6.07) is 12.5. The van der Waals surface area contributed by atoms with Crippen LogP contribution in [0.15, 0.2) is 56.1 Å². The van der Waals surface area contributed by atoms with Crippen LogP contribution in [0, 0.1) is 0 Å². The number of halogens is 1. The number of carbonyl (C=O) groups is 1. The second-order valence-corrected chi connectivity index (χ2v) is 9.56. The summed E-state index contributed by atoms with van der Waals surface area (Å²) in [5.74, 6) is 0.637. The van der Waals surface area contributed by atoms with Gasteiger partial charge in [0, 0.05) is 11.0 Å². The number of hydrogen-bond donors (Lipinski definition) is 0. The highest BCUT2D eigenvalue weighted by Crippen LogP contribution is 2.39. The molecule has 0 aliphatic carbocycles. The van der Waals surface area contributed by atoms with E-state index in [4.69, 9.17) is 9.15 Å². The summed E-state index contributed by atoms with van der Waals surface area (Å²) in [5.41, 5.74) is 1.50. The highest BCUT2D eigenvalue weighted by molar-refractivity contribution is 9.10. The fraction of sp³-hybridized carbons (Fsp3) is 0.385. The average Bonchev–Trinajstić information content (AvgIpc) is 3.07. The van der Waals surface area contributed by atoms with Gasteiger partial charge >= 0.3 is 0 Å². The third-order valence-corrected chi connectivity index (χ3v) is 6.37. The second-order valence-electron chi connectivity index (χ2n) is 8.65. The van der Waals surface area contributed by atoms with E-state index in [1.165, 1.54) is 0 Å². The first-order chi connectivity index (χ1) is 15.9. The van der Waals surface area contributed by atoms with Crippen LogP contribution in [0.3, 0.4) is 0 Å². The minimum Gasteiger partial charge on any atom is -0.494 e. The van der Waals surface area contributed by atoms with Crippen LogP contribution in [0.5, 0.6) is 5.75 Å². The molecule has 0 radical (unpaired) electrons. The zero-order valence-corrected chi connectivity index (χ0v) is 20.9. The Morgan fingerprint density at radius 2 is 1.94 bits per heavy atom. The second kappa shape index (κ2) is 10.1. The molecule has 0 saturated heterocycles. The lowest BCUT2D eigenvalue weighted by atomic mass is 9.98. The van der Waals surface area contributed by atoms with Crippen molar-refractivity contribution in [1.82, 2.24) is 9.80 Å². The number of amides is 1. The zero-order valence-electron chi connectivity index (χ0n) is 19.3. The van der Waals surface area contributed by atoms with Gasteiger partial charge in [-0.1, -0.05) is 41.4 Å². The van der Waals surface area contributed by atoms with Crippen molar-refractivity contribution in [3.05, 3.63) is 74.0 Å². The van der Waals surface area contributed by atoms with E-state index in [0.717, 1.165) is 41.6 Å². The molecule has 33 heavy (non-hydrogen) atoms. The molecule has 1 amide bonds. The van der Waals surface area contributed by atoms with E-state index >= 15 is 0 Å². The third-order valence-electron chi connectivity index (χ3n) is 5.87. The van der Waals surface area contributed by atoms with Crippen LogP contribution < -0.4 is 10.2 Å². The Balaban J connectivity index is 1.81. The Kier molecular flexibility index (Phi) is 7.20. The Labute approximate surface area is 202 Å². The predicted molar refractivity (Wildman–Crippen MR) is 133 cm³/mol. The molecule has 0 bridgehead atoms. The lowest BCUT2D eigenvalue weighted by molar-refractivity contribution is 0.0722. The molecule has 1 aliphatic rings. The topological polar surface area (TPSA) is 63.0 Å². The van der Waals surface area contributed by atoms with Crippen LogP contribution in [-0.4, -0.2) is 49.5 Å². The van der Waals surface area contributed by atoms with Gasteiger partial charge in [-0.3, -0.25) is 9.59 Å². The number of nitrogens with zero attached hydrogens (tertiary/aromatic N) is 2. The van der Waals surface area contributed by atoms with Crippen LogP contribution in [-0.2, 0) is 0 Å². The summed E-state index contributed by atoms with van der Waals surface area (Å²) in [4.78, 5) is 30.9. The van der Waals surface area contributed by atoms with Gasteiger partial charge in [0.2, 0.25) is 5.76 Å². The highest BCUT2D eigenvalue weighted by Gasteiger charge is 2.42. The van der Waals surface area contributed by atoms with Gasteiger partial charge < -0.3 is 19.0 Å². The molecule has 4 rings (SSSR count). The Morgan fingerprint density at radius 3 is 2.70 bits per heavy atom. The number of benzene rings is 2. The van der Waals surface area contributed by atoms with Crippen molar-refractivity contribution in [2.45, 2.75) is 32.2 Å². The highest BCUT2D eigenvalue weighted by atomic mass is 79.9. The zero-order chi connectivity index (χ0) is 23.5.